The molecule has 162 valence electrons. The molecule has 3 rings (SSSR count). The second-order valence-corrected chi connectivity index (χ2v) is 8.88. The van der Waals surface area contributed by atoms with Crippen LogP contribution < -0.4 is 4.74 Å². The molecule has 0 radical (unpaired) electrons. The summed E-state index contributed by atoms with van der Waals surface area (Å²) >= 11 is 0. The molecule has 2 aliphatic carbocycles. The molecule has 4 heteroatoms. The van der Waals surface area contributed by atoms with Crippen molar-refractivity contribution in [2.75, 3.05) is 6.61 Å². The molecule has 2 saturated carbocycles. The van der Waals surface area contributed by atoms with E-state index >= 15 is 0 Å². The minimum absolute atomic E-state index is 0.0285. The van der Waals surface area contributed by atoms with Gasteiger partial charge in [0.15, 0.2) is 11.6 Å². The molecule has 0 aliphatic heterocycles. The van der Waals surface area contributed by atoms with Gasteiger partial charge >= 0.3 is 0 Å². The zero-order valence-corrected chi connectivity index (χ0v) is 17.9. The number of ether oxygens (including phenoxy) is 1. The summed E-state index contributed by atoms with van der Waals surface area (Å²) in [6, 6.07) is 3.15. The Morgan fingerprint density at radius 1 is 0.966 bits per heavy atom. The van der Waals surface area contributed by atoms with E-state index in [-0.39, 0.29) is 23.4 Å². The van der Waals surface area contributed by atoms with Crippen molar-refractivity contribution in [2.24, 2.45) is 17.8 Å². The van der Waals surface area contributed by atoms with Gasteiger partial charge in [0.1, 0.15) is 0 Å². The van der Waals surface area contributed by atoms with Gasteiger partial charge in [0, 0.05) is 5.92 Å². The second kappa shape index (κ2) is 10.5. The summed E-state index contributed by atoms with van der Waals surface area (Å²) in [6.45, 7) is 4.27. The van der Waals surface area contributed by atoms with Crippen LogP contribution >= 0.6 is 0 Å². The van der Waals surface area contributed by atoms with Crippen LogP contribution in [0.5, 0.6) is 5.75 Å². The first-order chi connectivity index (χ1) is 14.0. The van der Waals surface area contributed by atoms with E-state index in [0.717, 1.165) is 18.8 Å². The van der Waals surface area contributed by atoms with Gasteiger partial charge in [-0.1, -0.05) is 25.8 Å². The quantitative estimate of drug-likeness (QED) is 0.443. The molecule has 0 spiro atoms. The lowest BCUT2D eigenvalue weighted by molar-refractivity contribution is 0.280. The van der Waals surface area contributed by atoms with Gasteiger partial charge in [-0.3, -0.25) is 0 Å². The molecule has 29 heavy (non-hydrogen) atoms. The van der Waals surface area contributed by atoms with Crippen LogP contribution in [0.15, 0.2) is 24.0 Å². The third-order valence-electron chi connectivity index (χ3n) is 6.92. The minimum Gasteiger partial charge on any atom is -0.491 e. The maximum atomic E-state index is 14.8. The summed E-state index contributed by atoms with van der Waals surface area (Å²) in [6.07, 6.45) is 11.8. The topological polar surface area (TPSA) is 9.23 Å². The summed E-state index contributed by atoms with van der Waals surface area (Å²) in [4.78, 5) is 0. The van der Waals surface area contributed by atoms with Gasteiger partial charge in [-0.25, -0.2) is 8.78 Å². The maximum Gasteiger partial charge on any atom is 0.200 e. The Kier molecular flexibility index (Phi) is 8.08. The fourth-order valence-electron chi connectivity index (χ4n) is 5.22. The predicted octanol–water partition coefficient (Wildman–Crippen LogP) is 8.10. The normalized spacial score (nSPS) is 28.4. The van der Waals surface area contributed by atoms with Crippen molar-refractivity contribution < 1.29 is 17.9 Å². The van der Waals surface area contributed by atoms with Crippen molar-refractivity contribution in [3.63, 3.8) is 0 Å². The van der Waals surface area contributed by atoms with E-state index in [1.807, 2.05) is 6.08 Å². The number of hydrogen-bond donors (Lipinski definition) is 0. The van der Waals surface area contributed by atoms with Crippen LogP contribution in [0.3, 0.4) is 0 Å². The average Bonchev–Trinajstić information content (AvgIpc) is 2.73. The van der Waals surface area contributed by atoms with Crippen LogP contribution in [0.4, 0.5) is 13.2 Å². The van der Waals surface area contributed by atoms with Crippen LogP contribution in [0.1, 0.15) is 89.5 Å². The van der Waals surface area contributed by atoms with Gasteiger partial charge in [-0.15, -0.1) is 0 Å². The van der Waals surface area contributed by atoms with Crippen molar-refractivity contribution in [1.29, 1.82) is 0 Å². The van der Waals surface area contributed by atoms with Gasteiger partial charge in [0.05, 0.1) is 12.4 Å². The molecule has 0 aromatic heterocycles. The number of allylic oxidation sites excluding steroid dienone is 2. The Hall–Kier alpha value is -1.45. The third-order valence-corrected chi connectivity index (χ3v) is 6.92. The molecule has 0 N–H and O–H groups in total. The molecule has 2 aliphatic rings. The highest BCUT2D eigenvalue weighted by molar-refractivity contribution is 5.33. The van der Waals surface area contributed by atoms with Gasteiger partial charge in [-0.2, -0.15) is 4.39 Å². The molecule has 0 unspecified atom stereocenters. The van der Waals surface area contributed by atoms with E-state index in [1.54, 1.807) is 13.0 Å². The van der Waals surface area contributed by atoms with Crippen LogP contribution in [0.2, 0.25) is 0 Å². The predicted molar refractivity (Wildman–Crippen MR) is 112 cm³/mol. The lowest BCUT2D eigenvalue weighted by atomic mass is 9.76. The zero-order valence-electron chi connectivity index (χ0n) is 17.9. The van der Waals surface area contributed by atoms with Crippen molar-refractivity contribution in [1.82, 2.24) is 0 Å². The lowest BCUT2D eigenvalue weighted by Crippen LogP contribution is -2.17. The molecule has 0 heterocycles. The van der Waals surface area contributed by atoms with Crippen LogP contribution in [0.25, 0.3) is 0 Å². The summed E-state index contributed by atoms with van der Waals surface area (Å²) < 4.78 is 48.6. The largest absolute Gasteiger partial charge is 0.491 e. The highest BCUT2D eigenvalue weighted by atomic mass is 19.2. The van der Waals surface area contributed by atoms with E-state index in [1.165, 1.54) is 31.7 Å². The molecule has 0 atom stereocenters. The second-order valence-electron chi connectivity index (χ2n) is 8.88. The third kappa shape index (κ3) is 5.58. The van der Waals surface area contributed by atoms with Gasteiger partial charge in [0.25, 0.3) is 0 Å². The monoisotopic (exact) mass is 408 g/mol. The number of benzene rings is 1. The molecule has 0 saturated heterocycles. The highest BCUT2D eigenvalue weighted by Crippen LogP contribution is 2.42. The molecule has 0 bridgehead atoms. The fraction of sp³-hybridized carbons (Fsp3) is 0.680. The lowest BCUT2D eigenvalue weighted by Gasteiger charge is -2.30. The number of hydrogen-bond acceptors (Lipinski definition) is 1. The summed E-state index contributed by atoms with van der Waals surface area (Å²) in [5.41, 5.74) is 0.406. The Balaban J connectivity index is 1.54. The minimum atomic E-state index is -0.906. The molecule has 0 amide bonds. The first kappa shape index (κ1) is 22.2. The standard InChI is InChI=1S/C25H35F3O/c1-3-5-17-6-8-18(9-7-17)16-22(26)20-12-10-19(11-13-20)21-14-15-23(29-4-2)25(28)24(21)27/h14-20H,3-13H2,1-2H3/b22-16-. The zero-order chi connectivity index (χ0) is 20.8. The number of rotatable bonds is 7. The molecule has 1 aromatic rings. The van der Waals surface area contributed by atoms with E-state index in [9.17, 15) is 13.2 Å². The fourth-order valence-corrected chi connectivity index (χ4v) is 5.22. The summed E-state index contributed by atoms with van der Waals surface area (Å²) in [7, 11) is 0. The highest BCUT2D eigenvalue weighted by Gasteiger charge is 2.29. The Morgan fingerprint density at radius 2 is 1.66 bits per heavy atom. The average molecular weight is 409 g/mol. The van der Waals surface area contributed by atoms with Gasteiger partial charge in [0.2, 0.25) is 5.82 Å². The molecule has 1 nitrogen and oxygen atoms in total. The van der Waals surface area contributed by atoms with Crippen molar-refractivity contribution in [3.8, 4) is 5.75 Å². The Morgan fingerprint density at radius 3 is 2.28 bits per heavy atom. The smallest absolute Gasteiger partial charge is 0.200 e. The molecular formula is C25H35F3O. The van der Waals surface area contributed by atoms with Crippen LogP contribution in [-0.2, 0) is 0 Å². The van der Waals surface area contributed by atoms with E-state index < -0.39 is 11.6 Å². The van der Waals surface area contributed by atoms with E-state index in [0.29, 0.717) is 43.8 Å². The molecule has 2 fully saturated rings. The van der Waals surface area contributed by atoms with Gasteiger partial charge < -0.3 is 4.74 Å². The summed E-state index contributed by atoms with van der Waals surface area (Å²) in [5, 5.41) is 0. The van der Waals surface area contributed by atoms with Crippen LogP contribution in [-0.4, -0.2) is 6.61 Å². The SMILES string of the molecule is CCCC1CCC(/C=C(\F)C2CCC(c3ccc(OCC)c(F)c3F)CC2)CC1. The Labute approximate surface area is 173 Å². The molecule has 1 aromatic carbocycles. The van der Waals surface area contributed by atoms with E-state index in [4.69, 9.17) is 4.74 Å². The van der Waals surface area contributed by atoms with Gasteiger partial charge in [-0.05, 0) is 93.7 Å². The van der Waals surface area contributed by atoms with Crippen molar-refractivity contribution in [2.45, 2.75) is 84.0 Å². The summed E-state index contributed by atoms with van der Waals surface area (Å²) in [5.74, 6) is -0.628. The van der Waals surface area contributed by atoms with Crippen LogP contribution in [0, 0.1) is 29.4 Å². The number of halogens is 3. The van der Waals surface area contributed by atoms with Crippen molar-refractivity contribution in [3.05, 3.63) is 41.2 Å². The maximum absolute atomic E-state index is 14.8. The van der Waals surface area contributed by atoms with Crippen molar-refractivity contribution >= 4 is 0 Å². The van der Waals surface area contributed by atoms with E-state index in [2.05, 4.69) is 6.92 Å². The first-order valence-electron chi connectivity index (χ1n) is 11.5. The molecular weight excluding hydrogens is 373 g/mol. The Bertz CT molecular complexity index is 684. The first-order valence-corrected chi connectivity index (χ1v) is 11.5.